The van der Waals surface area contributed by atoms with Gasteiger partial charge < -0.3 is 48.6 Å². The number of aromatic amines is 2. The van der Waals surface area contributed by atoms with Crippen LogP contribution < -0.4 is 32.1 Å². The van der Waals surface area contributed by atoms with Crippen LogP contribution in [0.5, 0.6) is 11.5 Å². The number of anilines is 2. The molecule has 372 valence electrons. The molecule has 0 aliphatic carbocycles. The molecule has 4 heterocycles. The molecule has 2 atom stereocenters. The van der Waals surface area contributed by atoms with Crippen molar-refractivity contribution >= 4 is 61.0 Å². The van der Waals surface area contributed by atoms with Gasteiger partial charge in [-0.1, -0.05) is 25.1 Å². The molecule has 24 nitrogen and oxygen atoms in total. The van der Waals surface area contributed by atoms with Gasteiger partial charge in [-0.2, -0.15) is 9.97 Å². The Hall–Kier alpha value is -6.50. The van der Waals surface area contributed by atoms with E-state index >= 15 is 0 Å². The van der Waals surface area contributed by atoms with E-state index in [0.717, 1.165) is 0 Å². The second-order valence-corrected chi connectivity index (χ2v) is 18.4. The van der Waals surface area contributed by atoms with Gasteiger partial charge in [-0.05, 0) is 35.4 Å². The van der Waals surface area contributed by atoms with E-state index in [9.17, 15) is 37.1 Å². The predicted octanol–water partition coefficient (Wildman–Crippen LogP) is 4.62. The number of hydrogen-bond donors (Lipinski definition) is 4. The van der Waals surface area contributed by atoms with Crippen molar-refractivity contribution in [3.8, 4) is 11.5 Å². The number of rotatable bonds is 27. The molecule has 2 aromatic carbocycles. The Morgan fingerprint density at radius 2 is 1.16 bits per heavy atom. The zero-order valence-electron chi connectivity index (χ0n) is 37.6. The zero-order valence-corrected chi connectivity index (χ0v) is 39.4. The van der Waals surface area contributed by atoms with Crippen LogP contribution in [0.2, 0.25) is 0 Å². The van der Waals surface area contributed by atoms with Crippen molar-refractivity contribution in [3.05, 3.63) is 105 Å². The van der Waals surface area contributed by atoms with Gasteiger partial charge in [0.05, 0.1) is 53.3 Å². The lowest BCUT2D eigenvalue weighted by atomic mass is 10.2. The minimum atomic E-state index is -3.91. The van der Waals surface area contributed by atoms with Crippen LogP contribution in [0.3, 0.4) is 0 Å². The van der Waals surface area contributed by atoms with Crippen molar-refractivity contribution in [3.63, 3.8) is 0 Å². The lowest BCUT2D eigenvalue weighted by molar-refractivity contribution is -0.121. The van der Waals surface area contributed by atoms with Gasteiger partial charge in [0.25, 0.3) is 11.1 Å². The molecule has 6 rings (SSSR count). The van der Waals surface area contributed by atoms with E-state index in [-0.39, 0.29) is 110 Å². The number of benzene rings is 2. The van der Waals surface area contributed by atoms with Crippen LogP contribution in [0.25, 0.3) is 22.3 Å². The number of aromatic nitrogens is 8. The molecule has 0 saturated carbocycles. The van der Waals surface area contributed by atoms with Crippen LogP contribution in [0.1, 0.15) is 30.9 Å². The van der Waals surface area contributed by atoms with Crippen molar-refractivity contribution in [2.75, 3.05) is 64.8 Å². The number of carbonyl (C=O) groups is 2. The van der Waals surface area contributed by atoms with Crippen LogP contribution in [-0.2, 0) is 72.6 Å². The summed E-state index contributed by atoms with van der Waals surface area (Å²) in [6.07, 6.45) is 3.51. The molecule has 0 aliphatic rings. The van der Waals surface area contributed by atoms with Crippen LogP contribution in [0.15, 0.2) is 71.3 Å². The molecule has 0 saturated heterocycles. The molecule has 0 radical (unpaired) electrons. The first kappa shape index (κ1) is 53.5. The third-order valence-electron chi connectivity index (χ3n) is 9.34. The Balaban J connectivity index is 0.000000258. The predicted molar refractivity (Wildman–Crippen MR) is 244 cm³/mol. The molecule has 4 aromatic heterocycles. The first-order valence-corrected chi connectivity index (χ1v) is 24.1. The second-order valence-electron chi connectivity index (χ2n) is 14.4. The van der Waals surface area contributed by atoms with E-state index in [4.69, 9.17) is 48.5 Å². The molecule has 6 aromatic rings. The Bertz CT molecular complexity index is 2960. The van der Waals surface area contributed by atoms with Crippen LogP contribution in [0.4, 0.5) is 20.7 Å². The Morgan fingerprint density at radius 1 is 0.725 bits per heavy atom. The van der Waals surface area contributed by atoms with Gasteiger partial charge in [-0.15, -0.1) is 6.58 Å². The Labute approximate surface area is 391 Å². The number of nitrogens with two attached hydrogens (primary N) is 2. The largest absolute Gasteiger partial charge is 0.494 e. The molecule has 0 spiro atoms. The molecule has 28 heteroatoms. The summed E-state index contributed by atoms with van der Waals surface area (Å²) >= 11 is 0. The summed E-state index contributed by atoms with van der Waals surface area (Å²) in [5.41, 5.74) is 11.8. The van der Waals surface area contributed by atoms with E-state index in [1.807, 2.05) is 0 Å². The summed E-state index contributed by atoms with van der Waals surface area (Å²) in [6, 6.07) is 8.28. The van der Waals surface area contributed by atoms with Crippen LogP contribution in [-0.4, -0.2) is 104 Å². The number of ether oxygens (including phenoxy) is 4. The van der Waals surface area contributed by atoms with E-state index in [2.05, 4.69) is 36.5 Å². The maximum Gasteiger partial charge on any atom is 0.356 e. The van der Waals surface area contributed by atoms with E-state index in [1.165, 1.54) is 57.2 Å². The molecule has 2 unspecified atom stereocenters. The quantitative estimate of drug-likeness (QED) is 0.0310. The highest BCUT2D eigenvalue weighted by Gasteiger charge is 2.28. The molecule has 0 aliphatic heterocycles. The zero-order chi connectivity index (χ0) is 50.1. The maximum atomic E-state index is 14.0. The number of fused-ring (bicyclic) bond motifs is 2. The minimum Gasteiger partial charge on any atom is -0.494 e. The molecular formula is C41H50F2N10O14P2. The fourth-order valence-electron chi connectivity index (χ4n) is 5.78. The van der Waals surface area contributed by atoms with Crippen molar-refractivity contribution < 1.29 is 64.5 Å². The highest BCUT2D eigenvalue weighted by molar-refractivity contribution is 7.53. The minimum absolute atomic E-state index is 0.0221. The van der Waals surface area contributed by atoms with Gasteiger partial charge in [-0.25, -0.2) is 18.7 Å². The standard InChI is InChI=1S/C21H25FN5O7P.C20H25FN5O7P/c1-3-4-15(28)11-34-35(30,33-10-14-5-6-17(31-2)16(22)9-14)13-32-8-7-27-12-24-18-19(27)25-21(23)26-20(18)29;1-3-14(27)10-33-34(29,32-9-13-4-5-16(30-2)15(21)8-13)12-31-7-6-26-11-23-17-18(26)24-20(22)25-19(17)28/h3,5-6,9,12H,1,4,7-8,10-11,13H2,2H3,(H3,23,25,26,29);4-5,8,11H,3,6-7,9-10,12H2,1-2H3,(H3,22,24,25,28). The van der Waals surface area contributed by atoms with Gasteiger partial charge in [0, 0.05) is 25.9 Å². The number of nitrogens with zero attached hydrogens (tertiary/aromatic N) is 6. The molecular weight excluding hydrogens is 956 g/mol. The molecule has 6 N–H and O–H groups in total. The van der Waals surface area contributed by atoms with E-state index in [1.54, 1.807) is 28.2 Å². The summed E-state index contributed by atoms with van der Waals surface area (Å²) < 4.78 is 99.5. The van der Waals surface area contributed by atoms with Crippen molar-refractivity contribution in [1.82, 2.24) is 39.0 Å². The highest BCUT2D eigenvalue weighted by Crippen LogP contribution is 2.50. The number of allylic oxidation sites excluding steroid dienone is 1. The average molecular weight is 1010 g/mol. The smallest absolute Gasteiger partial charge is 0.356 e. The normalized spacial score (nSPS) is 13.1. The number of Topliss-reactive ketones (excluding diaryl/α,β-unsaturated/α-hetero) is 2. The van der Waals surface area contributed by atoms with Crippen LogP contribution in [0, 0.1) is 11.6 Å². The Morgan fingerprint density at radius 3 is 1.55 bits per heavy atom. The van der Waals surface area contributed by atoms with E-state index < -0.39 is 63.9 Å². The maximum absolute atomic E-state index is 14.0. The summed E-state index contributed by atoms with van der Waals surface area (Å²) in [4.78, 5) is 68.0. The number of ketones is 2. The summed E-state index contributed by atoms with van der Waals surface area (Å²) in [5.74, 6) is -1.82. The van der Waals surface area contributed by atoms with Crippen molar-refractivity contribution in [1.29, 1.82) is 0 Å². The fourth-order valence-corrected chi connectivity index (χ4v) is 8.30. The van der Waals surface area contributed by atoms with Gasteiger partial charge in [0.2, 0.25) is 11.9 Å². The second kappa shape index (κ2) is 25.2. The number of carbonyl (C=O) groups excluding carboxylic acids is 2. The fraction of sp³-hybridized carbons (Fsp3) is 0.366. The van der Waals surface area contributed by atoms with Gasteiger partial charge >= 0.3 is 15.2 Å². The number of nitrogens with one attached hydrogen (secondary N) is 2. The SMILES string of the molecule is C=CCC(=O)COP(=O)(COCCn1cnc2c(=O)[nH]c(N)nc21)OCc1ccc(OC)c(F)c1.CCC(=O)COP(=O)(COCCn1cnc2c(=O)[nH]c(N)nc21)OCc1ccc(OC)c(F)c1. The number of imidazole rings is 2. The third-order valence-corrected chi connectivity index (χ3v) is 12.4. The monoisotopic (exact) mass is 1010 g/mol. The molecule has 0 amide bonds. The number of H-pyrrole nitrogens is 2. The first-order valence-electron chi connectivity index (χ1n) is 20.6. The highest BCUT2D eigenvalue weighted by atomic mass is 31.2. The molecule has 0 bridgehead atoms. The number of methoxy groups -OCH3 is 2. The summed E-state index contributed by atoms with van der Waals surface area (Å²) in [5, 5.41) is 0. The van der Waals surface area contributed by atoms with Gasteiger partial charge in [0.1, 0.15) is 25.9 Å². The average Bonchev–Trinajstić information content (AvgIpc) is 3.93. The Kier molecular flexibility index (Phi) is 19.5. The van der Waals surface area contributed by atoms with Crippen molar-refractivity contribution in [2.45, 2.75) is 46.1 Å². The number of halogens is 2. The molecule has 69 heavy (non-hydrogen) atoms. The van der Waals surface area contributed by atoms with Gasteiger partial charge in [0.15, 0.2) is 57.0 Å². The topological polar surface area (TPSA) is 321 Å². The molecule has 0 fully saturated rings. The number of hydrogen-bond acceptors (Lipinski definition) is 20. The lowest BCUT2D eigenvalue weighted by Crippen LogP contribution is -2.14. The van der Waals surface area contributed by atoms with Crippen molar-refractivity contribution in [2.24, 2.45) is 0 Å². The summed E-state index contributed by atoms with van der Waals surface area (Å²) in [7, 11) is -5.10. The summed E-state index contributed by atoms with van der Waals surface area (Å²) in [6.45, 7) is 4.22. The van der Waals surface area contributed by atoms with E-state index in [0.29, 0.717) is 11.1 Å². The lowest BCUT2D eigenvalue weighted by Gasteiger charge is -2.19. The first-order chi connectivity index (χ1) is 33.0. The van der Waals surface area contributed by atoms with Crippen LogP contribution >= 0.6 is 15.2 Å². The van der Waals surface area contributed by atoms with Gasteiger partial charge in [-0.3, -0.25) is 47.3 Å². The number of nitrogen functional groups attached to an aromatic ring is 2. The third kappa shape index (κ3) is 15.5.